The second-order valence-corrected chi connectivity index (χ2v) is 4.76. The Bertz CT molecular complexity index is 812. The minimum Gasteiger partial charge on any atom is -0.507 e. The molecule has 0 atom stereocenters. The number of nitro groups is 1. The van der Waals surface area contributed by atoms with Crippen LogP contribution in [0, 0.1) is 10.1 Å². The molecule has 106 valence electrons. The number of phenolic OH excluding ortho intramolecular Hbond substituents is 1. The smallest absolute Gasteiger partial charge is 0.270 e. The van der Waals surface area contributed by atoms with Crippen molar-refractivity contribution in [3.63, 3.8) is 0 Å². The molecule has 7 heteroatoms. The summed E-state index contributed by atoms with van der Waals surface area (Å²) in [6, 6.07) is 9.87. The molecule has 0 fully saturated rings. The number of hydrogen-bond donors (Lipinski definition) is 2. The van der Waals surface area contributed by atoms with E-state index in [0.717, 1.165) is 5.52 Å². The number of H-pyrrole nitrogens is 1. The van der Waals surface area contributed by atoms with Gasteiger partial charge < -0.3 is 10.1 Å². The third-order valence-corrected chi connectivity index (χ3v) is 3.46. The van der Waals surface area contributed by atoms with Gasteiger partial charge in [-0.3, -0.25) is 10.1 Å². The Labute approximate surface area is 124 Å². The molecule has 3 aromatic rings. The summed E-state index contributed by atoms with van der Waals surface area (Å²) >= 11 is 5.73. The fourth-order valence-corrected chi connectivity index (χ4v) is 2.35. The summed E-state index contributed by atoms with van der Waals surface area (Å²) in [7, 11) is 0. The molecule has 0 amide bonds. The lowest BCUT2D eigenvalue weighted by atomic mass is 10.1. The zero-order valence-corrected chi connectivity index (χ0v) is 11.5. The fraction of sp³-hybridized carbons (Fsp3) is 0.0714. The van der Waals surface area contributed by atoms with Crippen LogP contribution in [0.1, 0.15) is 5.56 Å². The monoisotopic (exact) mass is 303 g/mol. The fourth-order valence-electron chi connectivity index (χ4n) is 2.15. The number of aromatic amines is 1. The lowest BCUT2D eigenvalue weighted by Crippen LogP contribution is -1.93. The van der Waals surface area contributed by atoms with E-state index >= 15 is 0 Å². The molecular weight excluding hydrogens is 294 g/mol. The molecule has 0 aliphatic carbocycles. The van der Waals surface area contributed by atoms with E-state index in [9.17, 15) is 15.2 Å². The first-order valence-corrected chi connectivity index (χ1v) is 6.65. The van der Waals surface area contributed by atoms with Gasteiger partial charge in [0.1, 0.15) is 11.6 Å². The van der Waals surface area contributed by atoms with E-state index in [1.807, 2.05) is 24.3 Å². The molecule has 0 bridgehead atoms. The van der Waals surface area contributed by atoms with Gasteiger partial charge in [0, 0.05) is 17.7 Å². The van der Waals surface area contributed by atoms with Crippen molar-refractivity contribution in [3.05, 3.63) is 52.1 Å². The van der Waals surface area contributed by atoms with Gasteiger partial charge in [-0.05, 0) is 12.1 Å². The summed E-state index contributed by atoms with van der Waals surface area (Å²) in [6.45, 7) is 0. The van der Waals surface area contributed by atoms with Crippen molar-refractivity contribution in [2.24, 2.45) is 0 Å². The van der Waals surface area contributed by atoms with E-state index < -0.39 is 4.92 Å². The zero-order valence-electron chi connectivity index (χ0n) is 10.7. The zero-order chi connectivity index (χ0) is 15.0. The van der Waals surface area contributed by atoms with E-state index in [1.54, 1.807) is 0 Å². The van der Waals surface area contributed by atoms with Crippen LogP contribution in [-0.2, 0) is 5.88 Å². The van der Waals surface area contributed by atoms with Crippen molar-refractivity contribution >= 4 is 28.3 Å². The first kappa shape index (κ1) is 13.4. The van der Waals surface area contributed by atoms with Crippen molar-refractivity contribution in [2.45, 2.75) is 5.88 Å². The van der Waals surface area contributed by atoms with E-state index in [0.29, 0.717) is 16.9 Å². The van der Waals surface area contributed by atoms with Crippen LogP contribution < -0.4 is 0 Å². The number of benzene rings is 2. The molecular formula is C14H10ClN3O3. The average Bonchev–Trinajstić information content (AvgIpc) is 2.90. The van der Waals surface area contributed by atoms with Crippen LogP contribution in [-0.4, -0.2) is 20.0 Å². The number of nitrogens with zero attached hydrogens (tertiary/aromatic N) is 2. The Balaban J connectivity index is 2.24. The molecule has 1 aromatic heterocycles. The highest BCUT2D eigenvalue weighted by molar-refractivity contribution is 6.17. The SMILES string of the molecule is O=[N+]([O-])c1cc(CCl)c(O)c(-c2nc3ccccc3[nH]2)c1. The van der Waals surface area contributed by atoms with Crippen LogP contribution in [0.3, 0.4) is 0 Å². The highest BCUT2D eigenvalue weighted by Gasteiger charge is 2.19. The summed E-state index contributed by atoms with van der Waals surface area (Å²) in [6.07, 6.45) is 0. The van der Waals surface area contributed by atoms with E-state index in [-0.39, 0.29) is 22.9 Å². The Kier molecular flexibility index (Phi) is 3.23. The van der Waals surface area contributed by atoms with Crippen molar-refractivity contribution in [1.82, 2.24) is 9.97 Å². The number of halogens is 1. The second-order valence-electron chi connectivity index (χ2n) is 4.49. The number of phenols is 1. The minimum absolute atomic E-state index is 0.0270. The predicted octanol–water partition coefficient (Wildman–Crippen LogP) is 3.58. The number of nitro benzene ring substituents is 1. The van der Waals surface area contributed by atoms with Gasteiger partial charge in [0.25, 0.3) is 5.69 Å². The van der Waals surface area contributed by atoms with Gasteiger partial charge in [-0.2, -0.15) is 0 Å². The molecule has 0 radical (unpaired) electrons. The molecule has 0 spiro atoms. The standard InChI is InChI=1S/C14H10ClN3O3/c15-7-8-5-9(18(20)21)6-10(13(8)19)14-16-11-3-1-2-4-12(11)17-14/h1-6,19H,7H2,(H,16,17). The van der Waals surface area contributed by atoms with E-state index in [4.69, 9.17) is 11.6 Å². The Morgan fingerprint density at radius 3 is 2.76 bits per heavy atom. The van der Waals surface area contributed by atoms with Crippen LogP contribution in [0.15, 0.2) is 36.4 Å². The Morgan fingerprint density at radius 1 is 1.33 bits per heavy atom. The van der Waals surface area contributed by atoms with Crippen LogP contribution in [0.5, 0.6) is 5.75 Å². The maximum Gasteiger partial charge on any atom is 0.270 e. The van der Waals surface area contributed by atoms with Gasteiger partial charge in [-0.1, -0.05) is 12.1 Å². The van der Waals surface area contributed by atoms with Crippen molar-refractivity contribution < 1.29 is 10.0 Å². The van der Waals surface area contributed by atoms with Crippen molar-refractivity contribution in [1.29, 1.82) is 0 Å². The topological polar surface area (TPSA) is 92.1 Å². The largest absolute Gasteiger partial charge is 0.507 e. The van der Waals surface area contributed by atoms with Crippen LogP contribution in [0.2, 0.25) is 0 Å². The maximum absolute atomic E-state index is 11.0. The summed E-state index contributed by atoms with van der Waals surface area (Å²) in [5.74, 6) is 0.235. The second kappa shape index (κ2) is 5.06. The van der Waals surface area contributed by atoms with Gasteiger partial charge in [0.2, 0.25) is 0 Å². The van der Waals surface area contributed by atoms with Gasteiger partial charge in [-0.25, -0.2) is 4.98 Å². The third kappa shape index (κ3) is 2.30. The first-order chi connectivity index (χ1) is 10.1. The number of fused-ring (bicyclic) bond motifs is 1. The molecule has 1 heterocycles. The number of aromatic nitrogens is 2. The van der Waals surface area contributed by atoms with Gasteiger partial charge in [-0.15, -0.1) is 11.6 Å². The third-order valence-electron chi connectivity index (χ3n) is 3.17. The molecule has 21 heavy (non-hydrogen) atoms. The van der Waals surface area contributed by atoms with Crippen LogP contribution in [0.25, 0.3) is 22.4 Å². The normalized spacial score (nSPS) is 10.9. The molecule has 2 aromatic carbocycles. The number of para-hydroxylation sites is 2. The first-order valence-electron chi connectivity index (χ1n) is 6.11. The number of rotatable bonds is 3. The lowest BCUT2D eigenvalue weighted by molar-refractivity contribution is -0.384. The van der Waals surface area contributed by atoms with E-state index in [1.165, 1.54) is 12.1 Å². The summed E-state index contributed by atoms with van der Waals surface area (Å²) in [5.41, 5.74) is 1.91. The molecule has 2 N–H and O–H groups in total. The molecule has 0 aliphatic rings. The van der Waals surface area contributed by atoms with Crippen molar-refractivity contribution in [3.8, 4) is 17.1 Å². The molecule has 3 rings (SSSR count). The van der Waals surface area contributed by atoms with Crippen molar-refractivity contribution in [2.75, 3.05) is 0 Å². The number of aromatic hydroxyl groups is 1. The molecule has 6 nitrogen and oxygen atoms in total. The number of hydrogen-bond acceptors (Lipinski definition) is 4. The van der Waals surface area contributed by atoms with Gasteiger partial charge in [0.15, 0.2) is 0 Å². The number of nitrogens with one attached hydrogen (secondary N) is 1. The molecule has 0 saturated carbocycles. The highest BCUT2D eigenvalue weighted by Crippen LogP contribution is 2.36. The minimum atomic E-state index is -0.526. The Hall–Kier alpha value is -2.60. The van der Waals surface area contributed by atoms with Crippen LogP contribution in [0.4, 0.5) is 5.69 Å². The van der Waals surface area contributed by atoms with E-state index in [2.05, 4.69) is 9.97 Å². The summed E-state index contributed by atoms with van der Waals surface area (Å²) < 4.78 is 0. The Morgan fingerprint density at radius 2 is 2.10 bits per heavy atom. The molecule has 0 aliphatic heterocycles. The quantitative estimate of drug-likeness (QED) is 0.439. The average molecular weight is 304 g/mol. The number of imidazole rings is 1. The van der Waals surface area contributed by atoms with Crippen LogP contribution >= 0.6 is 11.6 Å². The highest BCUT2D eigenvalue weighted by atomic mass is 35.5. The predicted molar refractivity (Wildman–Crippen MR) is 79.4 cm³/mol. The molecule has 0 saturated heterocycles. The number of non-ortho nitro benzene ring substituents is 1. The molecule has 0 unspecified atom stereocenters. The maximum atomic E-state index is 11.0. The number of alkyl halides is 1. The van der Waals surface area contributed by atoms with Gasteiger partial charge in [0.05, 0.1) is 27.4 Å². The van der Waals surface area contributed by atoms with Gasteiger partial charge >= 0.3 is 0 Å². The lowest BCUT2D eigenvalue weighted by Gasteiger charge is -2.06. The summed E-state index contributed by atoms with van der Waals surface area (Å²) in [4.78, 5) is 17.8. The summed E-state index contributed by atoms with van der Waals surface area (Å²) in [5, 5.41) is 21.2.